The third-order valence-corrected chi connectivity index (χ3v) is 5.99. The number of benzene rings is 1. The lowest BCUT2D eigenvalue weighted by atomic mass is 10.0. The Hall–Kier alpha value is -3.55. The van der Waals surface area contributed by atoms with E-state index >= 15 is 0 Å². The normalized spacial score (nSPS) is 18.7. The maximum absolute atomic E-state index is 13.4. The van der Waals surface area contributed by atoms with E-state index in [2.05, 4.69) is 10.4 Å². The zero-order valence-electron chi connectivity index (χ0n) is 18.2. The van der Waals surface area contributed by atoms with Gasteiger partial charge in [-0.2, -0.15) is 23.5 Å². The molecule has 33 heavy (non-hydrogen) atoms. The van der Waals surface area contributed by atoms with Crippen molar-refractivity contribution in [3.05, 3.63) is 46.8 Å². The minimum Gasteiger partial charge on any atom is -0.367 e. The van der Waals surface area contributed by atoms with Crippen LogP contribution >= 0.6 is 0 Å². The van der Waals surface area contributed by atoms with Crippen molar-refractivity contribution in [1.29, 1.82) is 5.26 Å². The Labute approximate surface area is 188 Å². The Kier molecular flexibility index (Phi) is 5.78. The number of carbonyl (C=O) groups is 2. The Bertz CT molecular complexity index is 1110. The number of anilines is 1. The molecule has 1 aromatic heterocycles. The number of carbonyl (C=O) groups excluding carboxylic acids is 2. The van der Waals surface area contributed by atoms with Crippen LogP contribution in [-0.4, -0.2) is 58.2 Å². The molecular weight excluding hydrogens is 437 g/mol. The molecule has 2 amide bonds. The van der Waals surface area contributed by atoms with Crippen LogP contribution in [0.3, 0.4) is 0 Å². The zero-order chi connectivity index (χ0) is 23.9. The van der Waals surface area contributed by atoms with Crippen LogP contribution < -0.4 is 10.2 Å². The van der Waals surface area contributed by atoms with Gasteiger partial charge in [0.05, 0.1) is 17.2 Å². The highest BCUT2D eigenvalue weighted by Crippen LogP contribution is 2.35. The van der Waals surface area contributed by atoms with Gasteiger partial charge in [-0.15, -0.1) is 0 Å². The predicted octanol–water partition coefficient (Wildman–Crippen LogP) is 2.23. The summed E-state index contributed by atoms with van der Waals surface area (Å²) in [7, 11) is 1.71. The SMILES string of the molecule is Cc1cc(C(=O)N2CCN(c3ccc(C#N)c(C(F)(F)F)c3)CC2C(=O)NC2CC2)nn1C. The fourth-order valence-electron chi connectivity index (χ4n) is 3.88. The van der Waals surface area contributed by atoms with Gasteiger partial charge in [0.15, 0.2) is 5.69 Å². The topological polar surface area (TPSA) is 94.3 Å². The molecule has 2 aromatic rings. The number of nitriles is 1. The number of nitrogens with zero attached hydrogens (tertiary/aromatic N) is 5. The summed E-state index contributed by atoms with van der Waals surface area (Å²) in [6.45, 7) is 2.20. The molecule has 4 rings (SSSR count). The van der Waals surface area contributed by atoms with Crippen molar-refractivity contribution in [2.75, 3.05) is 24.5 Å². The maximum atomic E-state index is 13.4. The van der Waals surface area contributed by atoms with E-state index in [9.17, 15) is 22.8 Å². The molecule has 2 heterocycles. The molecule has 11 heteroatoms. The molecule has 0 bridgehead atoms. The number of rotatable bonds is 4. The van der Waals surface area contributed by atoms with Gasteiger partial charge in [-0.05, 0) is 44.0 Å². The molecule has 174 valence electrons. The third-order valence-electron chi connectivity index (χ3n) is 5.99. The highest BCUT2D eigenvalue weighted by atomic mass is 19.4. The molecule has 1 saturated heterocycles. The van der Waals surface area contributed by atoms with E-state index in [1.807, 2.05) is 6.92 Å². The average molecular weight is 460 g/mol. The highest BCUT2D eigenvalue weighted by molar-refractivity contribution is 5.97. The molecule has 2 aliphatic rings. The number of amides is 2. The second-order valence-electron chi connectivity index (χ2n) is 8.38. The summed E-state index contributed by atoms with van der Waals surface area (Å²) in [6.07, 6.45) is -2.96. The molecule has 1 N–H and O–H groups in total. The first-order valence-electron chi connectivity index (χ1n) is 10.6. The predicted molar refractivity (Wildman–Crippen MR) is 112 cm³/mol. The molecule has 1 aromatic carbocycles. The molecule has 1 unspecified atom stereocenters. The van der Waals surface area contributed by atoms with E-state index < -0.39 is 29.3 Å². The lowest BCUT2D eigenvalue weighted by molar-refractivity contribution is -0.137. The van der Waals surface area contributed by atoms with Crippen molar-refractivity contribution < 1.29 is 22.8 Å². The minimum absolute atomic E-state index is 0.0271. The highest BCUT2D eigenvalue weighted by Gasteiger charge is 2.40. The first kappa shape index (κ1) is 22.6. The molecule has 1 saturated carbocycles. The van der Waals surface area contributed by atoms with E-state index in [0.717, 1.165) is 30.7 Å². The van der Waals surface area contributed by atoms with Crippen molar-refractivity contribution in [3.63, 3.8) is 0 Å². The second-order valence-corrected chi connectivity index (χ2v) is 8.38. The summed E-state index contributed by atoms with van der Waals surface area (Å²) in [5.41, 5.74) is -0.248. The number of nitrogens with one attached hydrogen (secondary N) is 1. The average Bonchev–Trinajstić information content (AvgIpc) is 3.53. The molecular formula is C22H23F3N6O2. The number of alkyl halides is 3. The number of hydrogen-bond donors (Lipinski definition) is 1. The monoisotopic (exact) mass is 460 g/mol. The molecule has 1 aliphatic heterocycles. The van der Waals surface area contributed by atoms with Crippen LogP contribution in [0.15, 0.2) is 24.3 Å². The number of aryl methyl sites for hydroxylation is 2. The van der Waals surface area contributed by atoms with Crippen LogP contribution in [0.25, 0.3) is 0 Å². The Morgan fingerprint density at radius 1 is 1.21 bits per heavy atom. The largest absolute Gasteiger partial charge is 0.417 e. The molecule has 2 fully saturated rings. The second kappa shape index (κ2) is 8.42. The summed E-state index contributed by atoms with van der Waals surface area (Å²) in [5.74, 6) is -0.738. The number of aromatic nitrogens is 2. The van der Waals surface area contributed by atoms with Crippen LogP contribution in [0.4, 0.5) is 18.9 Å². The van der Waals surface area contributed by atoms with E-state index in [0.29, 0.717) is 0 Å². The lowest BCUT2D eigenvalue weighted by Gasteiger charge is -2.41. The smallest absolute Gasteiger partial charge is 0.367 e. The Morgan fingerprint density at radius 3 is 2.52 bits per heavy atom. The standard InChI is InChI=1S/C22H23F3N6O2/c1-13-9-18(28-29(13)2)21(33)31-8-7-30(12-19(31)20(32)27-15-4-5-15)16-6-3-14(11-26)17(10-16)22(23,24)25/h3,6,9-10,15,19H,4-5,7-8,12H2,1-2H3,(H,27,32). The maximum Gasteiger partial charge on any atom is 0.417 e. The number of halogens is 3. The molecule has 1 atom stereocenters. The van der Waals surface area contributed by atoms with Crippen molar-refractivity contribution in [1.82, 2.24) is 20.0 Å². The van der Waals surface area contributed by atoms with Crippen molar-refractivity contribution >= 4 is 17.5 Å². The zero-order valence-corrected chi connectivity index (χ0v) is 18.2. The van der Waals surface area contributed by atoms with Gasteiger partial charge in [0.1, 0.15) is 6.04 Å². The van der Waals surface area contributed by atoms with Crippen molar-refractivity contribution in [2.24, 2.45) is 7.05 Å². The molecule has 8 nitrogen and oxygen atoms in total. The summed E-state index contributed by atoms with van der Waals surface area (Å²) < 4.78 is 41.9. The molecule has 1 aliphatic carbocycles. The molecule has 0 spiro atoms. The van der Waals surface area contributed by atoms with E-state index in [1.54, 1.807) is 28.8 Å². The van der Waals surface area contributed by atoms with E-state index in [-0.39, 0.29) is 43.0 Å². The Balaban J connectivity index is 1.62. The van der Waals surface area contributed by atoms with Gasteiger partial charge in [-0.25, -0.2) is 0 Å². The van der Waals surface area contributed by atoms with Crippen molar-refractivity contribution in [2.45, 2.75) is 38.0 Å². The Morgan fingerprint density at radius 2 is 1.94 bits per heavy atom. The summed E-state index contributed by atoms with van der Waals surface area (Å²) >= 11 is 0. The van der Waals surface area contributed by atoms with Crippen molar-refractivity contribution in [3.8, 4) is 6.07 Å². The fourth-order valence-corrected chi connectivity index (χ4v) is 3.88. The van der Waals surface area contributed by atoms with Gasteiger partial charge < -0.3 is 15.1 Å². The number of piperazine rings is 1. The summed E-state index contributed by atoms with van der Waals surface area (Å²) in [4.78, 5) is 29.2. The van der Waals surface area contributed by atoms with Crippen LogP contribution in [0.5, 0.6) is 0 Å². The first-order chi connectivity index (χ1) is 15.6. The first-order valence-corrected chi connectivity index (χ1v) is 10.6. The minimum atomic E-state index is -4.68. The fraction of sp³-hybridized carbons (Fsp3) is 0.455. The number of hydrogen-bond acceptors (Lipinski definition) is 5. The van der Waals surface area contributed by atoms with Gasteiger partial charge >= 0.3 is 6.18 Å². The van der Waals surface area contributed by atoms with E-state index in [4.69, 9.17) is 5.26 Å². The van der Waals surface area contributed by atoms with Gasteiger partial charge in [-0.3, -0.25) is 14.3 Å². The van der Waals surface area contributed by atoms with Crippen LogP contribution in [0.1, 0.15) is 40.2 Å². The lowest BCUT2D eigenvalue weighted by Crippen LogP contribution is -2.61. The molecule has 0 radical (unpaired) electrons. The summed E-state index contributed by atoms with van der Waals surface area (Å²) in [5, 5.41) is 16.2. The quantitative estimate of drug-likeness (QED) is 0.755. The van der Waals surface area contributed by atoms with Gasteiger partial charge in [0, 0.05) is 44.1 Å². The van der Waals surface area contributed by atoms with E-state index in [1.165, 1.54) is 11.0 Å². The third kappa shape index (κ3) is 4.65. The van der Waals surface area contributed by atoms with Gasteiger partial charge in [0.2, 0.25) is 5.91 Å². The van der Waals surface area contributed by atoms with Gasteiger partial charge in [-0.1, -0.05) is 0 Å². The van der Waals surface area contributed by atoms with Crippen LogP contribution in [-0.2, 0) is 18.0 Å². The van der Waals surface area contributed by atoms with Gasteiger partial charge in [0.25, 0.3) is 5.91 Å². The van der Waals surface area contributed by atoms with Crippen LogP contribution in [0.2, 0.25) is 0 Å². The van der Waals surface area contributed by atoms with Crippen LogP contribution in [0, 0.1) is 18.3 Å². The summed E-state index contributed by atoms with van der Waals surface area (Å²) in [6, 6.07) is 5.87.